The van der Waals surface area contributed by atoms with E-state index in [0.717, 1.165) is 16.3 Å². The van der Waals surface area contributed by atoms with E-state index in [2.05, 4.69) is 20.0 Å². The molecule has 0 aliphatic carbocycles. The predicted octanol–water partition coefficient (Wildman–Crippen LogP) is 0.0437. The molecule has 2 N–H and O–H groups in total. The third-order valence-corrected chi connectivity index (χ3v) is 3.60. The maximum Gasteiger partial charge on any atom is 0.255 e. The summed E-state index contributed by atoms with van der Waals surface area (Å²) in [7, 11) is 0. The second kappa shape index (κ2) is 4.78. The fourth-order valence-electron chi connectivity index (χ4n) is 2.52. The summed E-state index contributed by atoms with van der Waals surface area (Å²) >= 11 is 0. The number of hydrogen-bond donors (Lipinski definition) is 2. The zero-order valence-corrected chi connectivity index (χ0v) is 11.3. The third-order valence-electron chi connectivity index (χ3n) is 3.60. The van der Waals surface area contributed by atoms with E-state index in [-0.39, 0.29) is 5.96 Å². The van der Waals surface area contributed by atoms with Gasteiger partial charge in [-0.3, -0.25) is 5.41 Å². The Labute approximate surface area is 120 Å². The normalized spacial score (nSPS) is 19.4. The van der Waals surface area contributed by atoms with Gasteiger partial charge in [0, 0.05) is 24.0 Å². The number of ether oxygens (including phenoxy) is 1. The zero-order chi connectivity index (χ0) is 14.2. The lowest BCUT2D eigenvalue weighted by molar-refractivity contribution is 0.0672. The number of hydrogen-bond acceptors (Lipinski definition) is 2. The van der Waals surface area contributed by atoms with E-state index in [1.54, 1.807) is 0 Å². The highest BCUT2D eigenvalue weighted by atomic mass is 16.5. The van der Waals surface area contributed by atoms with Gasteiger partial charge in [-0.1, -0.05) is 18.2 Å². The summed E-state index contributed by atoms with van der Waals surface area (Å²) in [4.78, 5) is 18.1. The topological polar surface area (TPSA) is 89.2 Å². The van der Waals surface area contributed by atoms with E-state index < -0.39 is 0 Å². The SMILES string of the molecule is N=C(/N=C1\N=c2[nH]c3ccccc3c2=N1)N1CCOCC1. The van der Waals surface area contributed by atoms with Crippen LogP contribution in [0.4, 0.5) is 0 Å². The van der Waals surface area contributed by atoms with Gasteiger partial charge in [0.15, 0.2) is 5.49 Å². The van der Waals surface area contributed by atoms with Crippen LogP contribution in [0.15, 0.2) is 39.2 Å². The molecule has 0 bridgehead atoms. The molecule has 21 heavy (non-hydrogen) atoms. The number of aromatic nitrogens is 1. The Morgan fingerprint density at radius 2 is 2.05 bits per heavy atom. The Hall–Kier alpha value is -2.54. The number of aromatic amines is 1. The van der Waals surface area contributed by atoms with E-state index in [1.165, 1.54) is 0 Å². The first-order chi connectivity index (χ1) is 10.3. The van der Waals surface area contributed by atoms with Gasteiger partial charge >= 0.3 is 0 Å². The molecule has 0 spiro atoms. The summed E-state index contributed by atoms with van der Waals surface area (Å²) in [6, 6.07) is 7.93. The summed E-state index contributed by atoms with van der Waals surface area (Å²) in [5, 5.41) is 9.86. The second-order valence-electron chi connectivity index (χ2n) is 4.93. The highest BCUT2D eigenvalue weighted by Crippen LogP contribution is 2.06. The average molecular weight is 282 g/mol. The van der Waals surface area contributed by atoms with Crippen molar-refractivity contribution < 1.29 is 4.74 Å². The van der Waals surface area contributed by atoms with Gasteiger partial charge in [0.05, 0.1) is 13.2 Å². The number of H-pyrrole nitrogens is 1. The zero-order valence-electron chi connectivity index (χ0n) is 11.3. The van der Waals surface area contributed by atoms with Crippen LogP contribution in [0.2, 0.25) is 0 Å². The maximum atomic E-state index is 8.02. The van der Waals surface area contributed by atoms with Gasteiger partial charge in [0.1, 0.15) is 5.36 Å². The van der Waals surface area contributed by atoms with Crippen LogP contribution in [-0.4, -0.2) is 48.1 Å². The van der Waals surface area contributed by atoms with Gasteiger partial charge in [-0.2, -0.15) is 9.98 Å². The first-order valence-corrected chi connectivity index (χ1v) is 6.85. The number of nitrogens with one attached hydrogen (secondary N) is 2. The van der Waals surface area contributed by atoms with Gasteiger partial charge in [-0.05, 0) is 6.07 Å². The first kappa shape index (κ1) is 12.2. The minimum absolute atomic E-state index is 0.190. The summed E-state index contributed by atoms with van der Waals surface area (Å²) in [6.07, 6.45) is 0. The molecule has 1 fully saturated rings. The molecular formula is C14H14N6O. The van der Waals surface area contributed by atoms with Gasteiger partial charge in [-0.15, -0.1) is 0 Å². The highest BCUT2D eigenvalue weighted by Gasteiger charge is 2.15. The number of rotatable bonds is 0. The Bertz CT molecular complexity index is 859. The minimum Gasteiger partial charge on any atom is -0.378 e. The van der Waals surface area contributed by atoms with Crippen molar-refractivity contribution in [3.8, 4) is 0 Å². The standard InChI is InChI=1S/C14H14N6O/c15-13(20-5-7-21-8-6-20)19-14-17-11-9-3-1-2-4-10(9)16-12(11)18-14/h1-4H,5-8H2,(H2,15,16,17,18,19). The number of guanidine groups is 2. The predicted molar refractivity (Wildman–Crippen MR) is 78.2 cm³/mol. The lowest BCUT2D eigenvalue weighted by Gasteiger charge is -2.26. The Kier molecular flexibility index (Phi) is 2.78. The van der Waals surface area contributed by atoms with Crippen LogP contribution >= 0.6 is 0 Å². The van der Waals surface area contributed by atoms with Gasteiger partial charge < -0.3 is 14.6 Å². The van der Waals surface area contributed by atoms with Gasteiger partial charge in [0.25, 0.3) is 5.96 Å². The Morgan fingerprint density at radius 1 is 1.24 bits per heavy atom. The van der Waals surface area contributed by atoms with Gasteiger partial charge in [0.2, 0.25) is 5.96 Å². The fourth-order valence-corrected chi connectivity index (χ4v) is 2.52. The smallest absolute Gasteiger partial charge is 0.255 e. The molecule has 0 atom stereocenters. The van der Waals surface area contributed by atoms with Crippen LogP contribution in [0.3, 0.4) is 0 Å². The molecule has 0 amide bonds. The van der Waals surface area contributed by atoms with Crippen molar-refractivity contribution in [2.24, 2.45) is 15.0 Å². The average Bonchev–Trinajstić information content (AvgIpc) is 3.05. The molecule has 4 rings (SSSR count). The van der Waals surface area contributed by atoms with Gasteiger partial charge in [-0.25, -0.2) is 4.99 Å². The molecule has 1 saturated heterocycles. The fraction of sp³-hybridized carbons (Fsp3) is 0.286. The van der Waals surface area contributed by atoms with E-state index >= 15 is 0 Å². The van der Waals surface area contributed by atoms with Crippen molar-refractivity contribution in [3.05, 3.63) is 35.1 Å². The minimum atomic E-state index is 0.190. The molecule has 7 heteroatoms. The van der Waals surface area contributed by atoms with Crippen LogP contribution in [0.25, 0.3) is 10.9 Å². The largest absolute Gasteiger partial charge is 0.378 e. The number of morpholine rings is 1. The van der Waals surface area contributed by atoms with Crippen molar-refractivity contribution in [1.29, 1.82) is 5.41 Å². The maximum absolute atomic E-state index is 8.02. The molecule has 0 radical (unpaired) electrons. The van der Waals surface area contributed by atoms with E-state index in [9.17, 15) is 0 Å². The summed E-state index contributed by atoms with van der Waals surface area (Å²) in [5.74, 6) is 0.522. The van der Waals surface area contributed by atoms with E-state index in [1.807, 2.05) is 29.2 Å². The summed E-state index contributed by atoms with van der Waals surface area (Å²) < 4.78 is 5.27. The molecule has 106 valence electrons. The van der Waals surface area contributed by atoms with Crippen molar-refractivity contribution in [1.82, 2.24) is 9.88 Å². The van der Waals surface area contributed by atoms with Crippen LogP contribution in [0, 0.1) is 5.41 Å². The molecule has 3 heterocycles. The number of fused-ring (bicyclic) bond motifs is 3. The van der Waals surface area contributed by atoms with Crippen LogP contribution < -0.4 is 10.8 Å². The molecule has 7 nitrogen and oxygen atoms in total. The lowest BCUT2D eigenvalue weighted by Crippen LogP contribution is -2.39. The second-order valence-corrected chi connectivity index (χ2v) is 4.93. The van der Waals surface area contributed by atoms with Crippen molar-refractivity contribution in [3.63, 3.8) is 0 Å². The van der Waals surface area contributed by atoms with Crippen LogP contribution in [0.5, 0.6) is 0 Å². The van der Waals surface area contributed by atoms with Crippen molar-refractivity contribution >= 4 is 22.8 Å². The molecule has 1 aromatic heterocycles. The molecule has 0 saturated carbocycles. The number of para-hydroxylation sites is 1. The Morgan fingerprint density at radius 3 is 2.90 bits per heavy atom. The monoisotopic (exact) mass is 282 g/mol. The first-order valence-electron chi connectivity index (χ1n) is 6.85. The number of aliphatic imine (C=N–C) groups is 1. The van der Waals surface area contributed by atoms with Crippen molar-refractivity contribution in [2.75, 3.05) is 26.3 Å². The van der Waals surface area contributed by atoms with E-state index in [0.29, 0.717) is 37.8 Å². The molecule has 0 unspecified atom stereocenters. The molecule has 2 aromatic rings. The number of nitrogens with zero attached hydrogens (tertiary/aromatic N) is 4. The quantitative estimate of drug-likeness (QED) is 0.528. The summed E-state index contributed by atoms with van der Waals surface area (Å²) in [6.45, 7) is 2.63. The summed E-state index contributed by atoms with van der Waals surface area (Å²) in [5.41, 5.74) is 1.72. The van der Waals surface area contributed by atoms with Crippen molar-refractivity contribution in [2.45, 2.75) is 0 Å². The van der Waals surface area contributed by atoms with E-state index in [4.69, 9.17) is 10.1 Å². The third kappa shape index (κ3) is 2.11. The molecular weight excluding hydrogens is 268 g/mol. The Balaban J connectivity index is 1.68. The molecule has 2 aliphatic rings. The highest BCUT2D eigenvalue weighted by molar-refractivity contribution is 5.96. The lowest BCUT2D eigenvalue weighted by atomic mass is 10.2. The van der Waals surface area contributed by atoms with Crippen LogP contribution in [0.1, 0.15) is 0 Å². The number of benzene rings is 1. The van der Waals surface area contributed by atoms with Crippen LogP contribution in [-0.2, 0) is 4.74 Å². The molecule has 2 aliphatic heterocycles. The molecule has 1 aromatic carbocycles.